The number of pyridine rings is 1. The summed E-state index contributed by atoms with van der Waals surface area (Å²) >= 11 is 0. The molecule has 0 saturated heterocycles. The predicted octanol–water partition coefficient (Wildman–Crippen LogP) is 4.18. The van der Waals surface area contributed by atoms with Crippen LogP contribution in [0.4, 0.5) is 0 Å². The van der Waals surface area contributed by atoms with Crippen molar-refractivity contribution in [1.82, 2.24) is 4.98 Å². The summed E-state index contributed by atoms with van der Waals surface area (Å²) in [6, 6.07) is 26.3. The van der Waals surface area contributed by atoms with Gasteiger partial charge in [-0.2, -0.15) is 0 Å². The number of hydrogen-bond acceptors (Lipinski definition) is 3. The average molecular weight is 436 g/mol. The molecule has 0 spiro atoms. The number of aryl methyl sites for hydroxylation is 2. The summed E-state index contributed by atoms with van der Waals surface area (Å²) in [5.74, 6) is 0.864. The Bertz CT molecular complexity index is 895. The SMILES string of the molecule is Cl.NC(=NCCCc1ccccc1)c1cccc(C(N)=NCCCc2ccccc2)n1. The first-order valence-corrected chi connectivity index (χ1v) is 10.4. The van der Waals surface area contributed by atoms with Gasteiger partial charge < -0.3 is 11.5 Å². The number of halogens is 1. The van der Waals surface area contributed by atoms with Crippen molar-refractivity contribution >= 4 is 24.1 Å². The molecule has 3 aromatic rings. The largest absolute Gasteiger partial charge is 0.382 e. The Morgan fingerprint density at radius 1 is 0.613 bits per heavy atom. The molecule has 0 bridgehead atoms. The van der Waals surface area contributed by atoms with Crippen molar-refractivity contribution in [2.24, 2.45) is 21.5 Å². The fraction of sp³-hybridized carbons (Fsp3) is 0.240. The van der Waals surface area contributed by atoms with Crippen LogP contribution in [0.5, 0.6) is 0 Å². The van der Waals surface area contributed by atoms with Crippen molar-refractivity contribution in [3.8, 4) is 0 Å². The van der Waals surface area contributed by atoms with Crippen LogP contribution < -0.4 is 11.5 Å². The zero-order valence-corrected chi connectivity index (χ0v) is 18.5. The lowest BCUT2D eigenvalue weighted by atomic mass is 10.1. The number of rotatable bonds is 10. The van der Waals surface area contributed by atoms with Crippen molar-refractivity contribution in [3.63, 3.8) is 0 Å². The third kappa shape index (κ3) is 8.22. The maximum Gasteiger partial charge on any atom is 0.144 e. The van der Waals surface area contributed by atoms with Gasteiger partial charge in [0.25, 0.3) is 0 Å². The maximum atomic E-state index is 6.14. The van der Waals surface area contributed by atoms with Crippen LogP contribution in [0.1, 0.15) is 35.4 Å². The van der Waals surface area contributed by atoms with Crippen molar-refractivity contribution in [1.29, 1.82) is 0 Å². The van der Waals surface area contributed by atoms with Crippen LogP contribution in [0.25, 0.3) is 0 Å². The standard InChI is InChI=1S/C25H29N5.ClH/c26-24(28-18-8-14-20-10-3-1-4-11-20)22-16-7-17-23(30-22)25(27)29-19-9-15-21-12-5-2-6-13-21;/h1-7,10-13,16-17H,8-9,14-15,18-19H2,(H2,26,28)(H2,27,29);1H. The molecule has 5 nitrogen and oxygen atoms in total. The second-order valence-electron chi connectivity index (χ2n) is 7.12. The lowest BCUT2D eigenvalue weighted by Gasteiger charge is -2.05. The normalized spacial score (nSPS) is 11.7. The van der Waals surface area contributed by atoms with Crippen LogP contribution in [0.2, 0.25) is 0 Å². The Kier molecular flexibility index (Phi) is 10.3. The fourth-order valence-corrected chi connectivity index (χ4v) is 3.14. The molecular formula is C25H30ClN5. The van der Waals surface area contributed by atoms with Crippen LogP contribution in [-0.2, 0) is 12.8 Å². The predicted molar refractivity (Wildman–Crippen MR) is 132 cm³/mol. The first kappa shape index (κ1) is 24.1. The van der Waals surface area contributed by atoms with Crippen LogP contribution in [-0.4, -0.2) is 29.7 Å². The van der Waals surface area contributed by atoms with Gasteiger partial charge in [0.2, 0.25) is 0 Å². The molecule has 2 aromatic carbocycles. The lowest BCUT2D eigenvalue weighted by molar-refractivity contribution is 0.831. The molecule has 0 amide bonds. The third-order valence-corrected chi connectivity index (χ3v) is 4.77. The Morgan fingerprint density at radius 2 is 1.03 bits per heavy atom. The second-order valence-corrected chi connectivity index (χ2v) is 7.12. The zero-order valence-electron chi connectivity index (χ0n) is 17.7. The van der Waals surface area contributed by atoms with Crippen molar-refractivity contribution < 1.29 is 0 Å². The smallest absolute Gasteiger partial charge is 0.144 e. The van der Waals surface area contributed by atoms with Crippen LogP contribution in [0, 0.1) is 0 Å². The van der Waals surface area contributed by atoms with Gasteiger partial charge in [-0.25, -0.2) is 4.98 Å². The summed E-state index contributed by atoms with van der Waals surface area (Å²) in [7, 11) is 0. The van der Waals surface area contributed by atoms with Gasteiger partial charge in [-0.1, -0.05) is 66.7 Å². The minimum Gasteiger partial charge on any atom is -0.382 e. The second kappa shape index (κ2) is 13.2. The molecular weight excluding hydrogens is 406 g/mol. The summed E-state index contributed by atoms with van der Waals surface area (Å²) in [6.07, 6.45) is 3.84. The van der Waals surface area contributed by atoms with E-state index < -0.39 is 0 Å². The number of aromatic nitrogens is 1. The Balaban J connectivity index is 0.00000341. The average Bonchev–Trinajstić information content (AvgIpc) is 2.81. The molecule has 0 aliphatic rings. The molecule has 1 heterocycles. The monoisotopic (exact) mass is 435 g/mol. The molecule has 0 unspecified atom stereocenters. The van der Waals surface area contributed by atoms with Gasteiger partial charge in [-0.3, -0.25) is 9.98 Å². The highest BCUT2D eigenvalue weighted by Gasteiger charge is 2.05. The Labute approximate surface area is 190 Å². The number of amidine groups is 2. The van der Waals surface area contributed by atoms with E-state index in [0.29, 0.717) is 36.1 Å². The van der Waals surface area contributed by atoms with Crippen LogP contribution >= 0.6 is 12.4 Å². The number of hydrogen-bond donors (Lipinski definition) is 2. The Morgan fingerprint density at radius 3 is 1.45 bits per heavy atom. The summed E-state index contributed by atoms with van der Waals surface area (Å²) in [6.45, 7) is 1.32. The molecule has 0 atom stereocenters. The first-order valence-electron chi connectivity index (χ1n) is 10.4. The topological polar surface area (TPSA) is 89.6 Å². The van der Waals surface area contributed by atoms with E-state index in [9.17, 15) is 0 Å². The molecule has 0 fully saturated rings. The molecule has 31 heavy (non-hydrogen) atoms. The maximum absolute atomic E-state index is 6.14. The molecule has 162 valence electrons. The van der Waals surface area contributed by atoms with E-state index in [2.05, 4.69) is 63.5 Å². The van der Waals surface area contributed by atoms with Gasteiger partial charge in [0.1, 0.15) is 23.1 Å². The molecule has 6 heteroatoms. The quantitative estimate of drug-likeness (QED) is 0.284. The van der Waals surface area contributed by atoms with E-state index in [1.165, 1.54) is 11.1 Å². The van der Waals surface area contributed by atoms with Crippen LogP contribution in [0.3, 0.4) is 0 Å². The molecule has 3 rings (SSSR count). The molecule has 4 N–H and O–H groups in total. The molecule has 0 aliphatic heterocycles. The van der Waals surface area contributed by atoms with E-state index >= 15 is 0 Å². The van der Waals surface area contributed by atoms with Gasteiger partial charge in [0.15, 0.2) is 0 Å². The highest BCUT2D eigenvalue weighted by molar-refractivity contribution is 5.99. The van der Waals surface area contributed by atoms with E-state index in [-0.39, 0.29) is 12.4 Å². The van der Waals surface area contributed by atoms with E-state index in [4.69, 9.17) is 11.5 Å². The highest BCUT2D eigenvalue weighted by atomic mass is 35.5. The van der Waals surface area contributed by atoms with Gasteiger partial charge in [-0.15, -0.1) is 12.4 Å². The summed E-state index contributed by atoms with van der Waals surface area (Å²) < 4.78 is 0. The summed E-state index contributed by atoms with van der Waals surface area (Å²) in [4.78, 5) is 13.5. The van der Waals surface area contributed by atoms with E-state index in [0.717, 1.165) is 25.7 Å². The zero-order chi connectivity index (χ0) is 21.0. The van der Waals surface area contributed by atoms with Gasteiger partial charge in [0, 0.05) is 13.1 Å². The number of nitrogens with two attached hydrogens (primary N) is 2. The Hall–Kier alpha value is -3.18. The van der Waals surface area contributed by atoms with E-state index in [1.54, 1.807) is 0 Å². The van der Waals surface area contributed by atoms with E-state index in [1.807, 2.05) is 30.3 Å². The third-order valence-electron chi connectivity index (χ3n) is 4.77. The minimum atomic E-state index is 0. The lowest BCUT2D eigenvalue weighted by Crippen LogP contribution is -2.21. The van der Waals surface area contributed by atoms with Crippen molar-refractivity contribution in [2.45, 2.75) is 25.7 Å². The van der Waals surface area contributed by atoms with Crippen molar-refractivity contribution in [2.75, 3.05) is 13.1 Å². The number of benzene rings is 2. The minimum absolute atomic E-state index is 0. The summed E-state index contributed by atoms with van der Waals surface area (Å²) in [5.41, 5.74) is 16.2. The highest BCUT2D eigenvalue weighted by Crippen LogP contribution is 2.05. The van der Waals surface area contributed by atoms with Crippen LogP contribution in [0.15, 0.2) is 88.8 Å². The molecule has 0 saturated carbocycles. The van der Waals surface area contributed by atoms with Gasteiger partial charge in [0.05, 0.1) is 0 Å². The van der Waals surface area contributed by atoms with Gasteiger partial charge in [-0.05, 0) is 48.9 Å². The first-order chi connectivity index (χ1) is 14.7. The molecule has 1 aromatic heterocycles. The molecule has 0 radical (unpaired) electrons. The fourth-order valence-electron chi connectivity index (χ4n) is 3.14. The van der Waals surface area contributed by atoms with Gasteiger partial charge >= 0.3 is 0 Å². The summed E-state index contributed by atoms with van der Waals surface area (Å²) in [5, 5.41) is 0. The number of aliphatic imine (C=N–C) groups is 2. The van der Waals surface area contributed by atoms with Crippen molar-refractivity contribution in [3.05, 3.63) is 101 Å². The number of nitrogens with zero attached hydrogens (tertiary/aromatic N) is 3. The molecule has 0 aliphatic carbocycles.